The van der Waals surface area contributed by atoms with Gasteiger partial charge < -0.3 is 43.5 Å². The quantitative estimate of drug-likeness (QED) is 0.410. The Hall–Kier alpha value is 0.253. The van der Waals surface area contributed by atoms with Gasteiger partial charge in [-0.15, -0.1) is 0 Å². The van der Waals surface area contributed by atoms with Gasteiger partial charge in [0.15, 0.2) is 0 Å². The van der Waals surface area contributed by atoms with Gasteiger partial charge in [0, 0.05) is 10.4 Å². The first-order valence-corrected chi connectivity index (χ1v) is 6.88. The Bertz CT molecular complexity index is 238. The van der Waals surface area contributed by atoms with E-state index in [0.29, 0.717) is 0 Å². The van der Waals surface area contributed by atoms with E-state index in [2.05, 4.69) is 0 Å². The van der Waals surface area contributed by atoms with E-state index >= 15 is 0 Å². The SMILES string of the molecule is CC([NH-])C[NH-].CC([NH-])C[NH-].CC([NH-])C[NH-].O=S(=O)([O-])[O-].[Zn+2]. The average Bonchev–Trinajstić information content (AvgIpc) is 2.28. The van der Waals surface area contributed by atoms with Gasteiger partial charge in [0.2, 0.25) is 0 Å². The number of nitrogens with one attached hydrogen (secondary N) is 6. The van der Waals surface area contributed by atoms with Gasteiger partial charge in [0.1, 0.15) is 0 Å². The Morgan fingerprint density at radius 2 is 0.810 bits per heavy atom. The Morgan fingerprint density at radius 3 is 0.810 bits per heavy atom. The summed E-state index contributed by atoms with van der Waals surface area (Å²) in [6, 6.07) is -0.597. The van der Waals surface area contributed by atoms with Crippen LogP contribution in [0.25, 0.3) is 34.4 Å². The second-order valence-electron chi connectivity index (χ2n) is 3.72. The first kappa shape index (κ1) is 33.0. The standard InChI is InChI=1S/3C3H8N2.H2O4S.Zn/c3*1-3(5)2-4;1-5(2,3)4;/h3*3-5H,2H2,1H3;(H2,1,2,3,4);/q3*-2;;+2/p-2. The molecule has 0 aliphatic heterocycles. The maximum absolute atomic E-state index is 8.52. The van der Waals surface area contributed by atoms with E-state index in [-0.39, 0.29) is 57.2 Å². The third kappa shape index (κ3) is 173. The van der Waals surface area contributed by atoms with Gasteiger partial charge in [-0.05, 0) is 0 Å². The summed E-state index contributed by atoms with van der Waals surface area (Å²) in [4.78, 5) is 0. The van der Waals surface area contributed by atoms with Crippen LogP contribution in [0.3, 0.4) is 0 Å². The molecule has 0 bridgehead atoms. The molecule has 21 heavy (non-hydrogen) atoms. The maximum atomic E-state index is 8.52. The van der Waals surface area contributed by atoms with Crippen LogP contribution in [0.1, 0.15) is 20.8 Å². The maximum Gasteiger partial charge on any atom is 2.00 e. The predicted octanol–water partition coefficient (Wildman–Crippen LogP) is 3.10. The molecule has 0 saturated heterocycles. The molecule has 0 amide bonds. The summed E-state index contributed by atoms with van der Waals surface area (Å²) in [7, 11) is -5.17. The Kier molecular flexibility index (Phi) is 35.4. The molecular weight excluding hydrogens is 354 g/mol. The van der Waals surface area contributed by atoms with Crippen molar-refractivity contribution in [1.29, 1.82) is 0 Å². The van der Waals surface area contributed by atoms with Crippen LogP contribution in [-0.4, -0.2) is 55.3 Å². The van der Waals surface area contributed by atoms with E-state index in [0.717, 1.165) is 0 Å². The Balaban J connectivity index is -0.0000000533. The van der Waals surface area contributed by atoms with Crippen LogP contribution in [0.15, 0.2) is 0 Å². The zero-order valence-corrected chi connectivity index (χ0v) is 16.4. The Labute approximate surface area is 140 Å². The van der Waals surface area contributed by atoms with Gasteiger partial charge in [0.25, 0.3) is 0 Å². The van der Waals surface area contributed by atoms with Crippen molar-refractivity contribution >= 4 is 10.4 Å². The van der Waals surface area contributed by atoms with Crippen molar-refractivity contribution in [2.45, 2.75) is 38.9 Å². The van der Waals surface area contributed by atoms with Gasteiger partial charge in [-0.25, -0.2) is 0 Å². The monoisotopic (exact) mass is 376 g/mol. The molecule has 0 heterocycles. The van der Waals surface area contributed by atoms with Crippen LogP contribution in [-0.2, 0) is 29.9 Å². The van der Waals surface area contributed by atoms with Crippen LogP contribution in [0.5, 0.6) is 0 Å². The Morgan fingerprint density at radius 1 is 0.762 bits per heavy atom. The number of hydrogen-bond acceptors (Lipinski definition) is 4. The second-order valence-corrected chi connectivity index (χ2v) is 4.54. The molecule has 3 atom stereocenters. The molecule has 128 valence electrons. The summed E-state index contributed by atoms with van der Waals surface area (Å²) in [5.41, 5.74) is 39.3. The van der Waals surface area contributed by atoms with E-state index < -0.39 is 10.4 Å². The fourth-order valence-corrected chi connectivity index (χ4v) is 0. The molecule has 10 nitrogen and oxygen atoms in total. The molecule has 0 rings (SSSR count). The molecule has 0 aromatic heterocycles. The van der Waals surface area contributed by atoms with Crippen LogP contribution in [0.2, 0.25) is 0 Å². The van der Waals surface area contributed by atoms with Gasteiger partial charge in [0.05, 0.1) is 0 Å². The average molecular weight is 378 g/mol. The van der Waals surface area contributed by atoms with Crippen molar-refractivity contribution in [3.63, 3.8) is 0 Å². The molecule has 0 aliphatic carbocycles. The third-order valence-corrected chi connectivity index (χ3v) is 0.919. The summed E-state index contributed by atoms with van der Waals surface area (Å²) >= 11 is 0. The van der Waals surface area contributed by atoms with E-state index in [1.165, 1.54) is 0 Å². The first-order chi connectivity index (χ1) is 8.81. The van der Waals surface area contributed by atoms with Gasteiger partial charge >= 0.3 is 19.5 Å². The van der Waals surface area contributed by atoms with Crippen molar-refractivity contribution in [1.82, 2.24) is 0 Å². The smallest absolute Gasteiger partial charge is 0.759 e. The van der Waals surface area contributed by atoms with E-state index in [4.69, 9.17) is 51.9 Å². The molecular formula is C9H24N6O4SZn-6. The minimum absolute atomic E-state index is 0. The van der Waals surface area contributed by atoms with Crippen LogP contribution >= 0.6 is 0 Å². The minimum atomic E-state index is -5.17. The van der Waals surface area contributed by atoms with Gasteiger partial charge in [-0.3, -0.25) is 8.42 Å². The fourth-order valence-electron chi connectivity index (χ4n) is 0. The molecule has 6 N–H and O–H groups in total. The molecule has 0 spiro atoms. The van der Waals surface area contributed by atoms with Gasteiger partial charge in [-0.1, -0.05) is 20.8 Å². The van der Waals surface area contributed by atoms with Crippen molar-refractivity contribution in [2.75, 3.05) is 19.6 Å². The fraction of sp³-hybridized carbons (Fsp3) is 1.00. The molecule has 0 aromatic rings. The van der Waals surface area contributed by atoms with Crippen molar-refractivity contribution in [2.24, 2.45) is 0 Å². The van der Waals surface area contributed by atoms with Crippen LogP contribution < -0.4 is 0 Å². The first-order valence-electron chi connectivity index (χ1n) is 5.55. The van der Waals surface area contributed by atoms with E-state index in [1.54, 1.807) is 20.8 Å². The summed E-state index contributed by atoms with van der Waals surface area (Å²) < 4.78 is 34.1. The van der Waals surface area contributed by atoms with E-state index in [9.17, 15) is 0 Å². The molecule has 3 unspecified atom stereocenters. The zero-order valence-electron chi connectivity index (χ0n) is 12.6. The number of hydrogen-bond donors (Lipinski definition) is 0. The molecule has 0 saturated carbocycles. The van der Waals surface area contributed by atoms with Crippen molar-refractivity contribution in [3.05, 3.63) is 34.4 Å². The van der Waals surface area contributed by atoms with Crippen LogP contribution in [0, 0.1) is 0 Å². The molecule has 0 radical (unpaired) electrons. The van der Waals surface area contributed by atoms with Crippen molar-refractivity contribution < 1.29 is 37.0 Å². The predicted molar refractivity (Wildman–Crippen MR) is 79.4 cm³/mol. The molecule has 0 aromatic carbocycles. The van der Waals surface area contributed by atoms with Crippen LogP contribution in [0.4, 0.5) is 0 Å². The van der Waals surface area contributed by atoms with Crippen molar-refractivity contribution in [3.8, 4) is 0 Å². The zero-order chi connectivity index (χ0) is 17.4. The third-order valence-electron chi connectivity index (χ3n) is 0.919. The molecule has 0 fully saturated rings. The van der Waals surface area contributed by atoms with E-state index in [1.807, 2.05) is 0 Å². The molecule has 12 heteroatoms. The minimum Gasteiger partial charge on any atom is -0.759 e. The number of rotatable bonds is 3. The second kappa shape index (κ2) is 22.5. The topological polar surface area (TPSA) is 223 Å². The largest absolute Gasteiger partial charge is 2.00 e. The summed E-state index contributed by atoms with van der Waals surface area (Å²) in [5, 5.41) is 0. The summed E-state index contributed by atoms with van der Waals surface area (Å²) in [5.74, 6) is 0. The molecule has 0 aliphatic rings. The van der Waals surface area contributed by atoms with Gasteiger partial charge in [-0.2, -0.15) is 37.8 Å². The normalized spacial score (nSPS) is 13.5. The summed E-state index contributed by atoms with van der Waals surface area (Å²) in [6.07, 6.45) is 0. The summed E-state index contributed by atoms with van der Waals surface area (Å²) in [6.45, 7) is 5.77.